The Balaban J connectivity index is 2.21. The highest BCUT2D eigenvalue weighted by Gasteiger charge is 2.32. The molecular weight excluding hydrogens is 136 g/mol. The number of halogens is 2. The highest BCUT2D eigenvalue weighted by molar-refractivity contribution is 4.80. The fourth-order valence-electron chi connectivity index (χ4n) is 1.06. The summed E-state index contributed by atoms with van der Waals surface area (Å²) in [5.74, 6) is -2.21. The van der Waals surface area contributed by atoms with Gasteiger partial charge in [-0.1, -0.05) is 6.92 Å². The van der Waals surface area contributed by atoms with Gasteiger partial charge in [-0.2, -0.15) is 0 Å². The van der Waals surface area contributed by atoms with Crippen molar-refractivity contribution in [1.29, 1.82) is 0 Å². The van der Waals surface area contributed by atoms with Gasteiger partial charge in [-0.3, -0.25) is 0 Å². The van der Waals surface area contributed by atoms with E-state index in [1.807, 2.05) is 0 Å². The van der Waals surface area contributed by atoms with Crippen LogP contribution in [0.2, 0.25) is 0 Å². The molecule has 1 saturated heterocycles. The minimum absolute atomic E-state index is 0.0243. The van der Waals surface area contributed by atoms with Crippen LogP contribution in [-0.2, 0) is 0 Å². The molecule has 1 fully saturated rings. The number of nitrogens with one attached hydrogen (secondary N) is 1. The summed E-state index contributed by atoms with van der Waals surface area (Å²) in [4.78, 5) is 0. The Morgan fingerprint density at radius 1 is 1.50 bits per heavy atom. The first-order valence-electron chi connectivity index (χ1n) is 3.72. The van der Waals surface area contributed by atoms with E-state index in [0.29, 0.717) is 0 Å². The number of hydrogen-bond donors (Lipinski definition) is 1. The van der Waals surface area contributed by atoms with E-state index in [-0.39, 0.29) is 18.8 Å². The molecule has 0 amide bonds. The molecule has 1 heterocycles. The van der Waals surface area contributed by atoms with Gasteiger partial charge in [0, 0.05) is 12.8 Å². The first-order valence-corrected chi connectivity index (χ1v) is 3.72. The maximum Gasteiger partial charge on any atom is 0.248 e. The molecule has 0 unspecified atom stereocenters. The van der Waals surface area contributed by atoms with E-state index < -0.39 is 5.92 Å². The third-order valence-electron chi connectivity index (χ3n) is 1.97. The van der Waals surface area contributed by atoms with E-state index >= 15 is 0 Å². The first-order chi connectivity index (χ1) is 4.64. The van der Waals surface area contributed by atoms with Crippen molar-refractivity contribution in [3.8, 4) is 0 Å². The van der Waals surface area contributed by atoms with Crippen molar-refractivity contribution >= 4 is 0 Å². The lowest BCUT2D eigenvalue weighted by molar-refractivity contribution is -0.0328. The zero-order valence-electron chi connectivity index (χ0n) is 6.16. The standard InChI is InChI=1S/C7H13F2N/c1-2-7(8,9)3-6-4-10-5-6/h6,10H,2-5H2,1H3. The van der Waals surface area contributed by atoms with Crippen LogP contribution in [-0.4, -0.2) is 19.0 Å². The van der Waals surface area contributed by atoms with Crippen LogP contribution in [0.1, 0.15) is 19.8 Å². The zero-order chi connectivity index (χ0) is 7.61. The number of alkyl halides is 2. The highest BCUT2D eigenvalue weighted by atomic mass is 19.3. The lowest BCUT2D eigenvalue weighted by Crippen LogP contribution is -2.44. The Morgan fingerprint density at radius 3 is 2.40 bits per heavy atom. The minimum atomic E-state index is -2.42. The molecule has 0 bridgehead atoms. The second-order valence-corrected chi connectivity index (χ2v) is 2.94. The fourth-order valence-corrected chi connectivity index (χ4v) is 1.06. The van der Waals surface area contributed by atoms with Gasteiger partial charge in [-0.25, -0.2) is 8.78 Å². The van der Waals surface area contributed by atoms with Gasteiger partial charge >= 0.3 is 0 Å². The summed E-state index contributed by atoms with van der Waals surface area (Å²) in [5, 5.41) is 2.97. The lowest BCUT2D eigenvalue weighted by Gasteiger charge is -2.30. The maximum atomic E-state index is 12.6. The summed E-state index contributed by atoms with van der Waals surface area (Å²) >= 11 is 0. The Bertz CT molecular complexity index is 110. The van der Waals surface area contributed by atoms with Crippen LogP contribution >= 0.6 is 0 Å². The molecule has 60 valence electrons. The number of hydrogen-bond acceptors (Lipinski definition) is 1. The van der Waals surface area contributed by atoms with E-state index in [1.54, 1.807) is 0 Å². The Labute approximate surface area is 59.8 Å². The molecule has 10 heavy (non-hydrogen) atoms. The molecule has 0 saturated carbocycles. The molecule has 1 rings (SSSR count). The SMILES string of the molecule is CCC(F)(F)CC1CNC1. The molecule has 0 aromatic carbocycles. The summed E-state index contributed by atoms with van der Waals surface area (Å²) in [6.45, 7) is 3.08. The van der Waals surface area contributed by atoms with Gasteiger partial charge in [-0.05, 0) is 19.0 Å². The third kappa shape index (κ3) is 1.90. The smallest absolute Gasteiger partial charge is 0.248 e. The van der Waals surface area contributed by atoms with Crippen LogP contribution in [0.25, 0.3) is 0 Å². The van der Waals surface area contributed by atoms with Gasteiger partial charge in [0.25, 0.3) is 0 Å². The van der Waals surface area contributed by atoms with Crippen LogP contribution in [0.4, 0.5) is 8.78 Å². The van der Waals surface area contributed by atoms with Crippen molar-refractivity contribution in [1.82, 2.24) is 5.32 Å². The molecule has 0 aromatic rings. The van der Waals surface area contributed by atoms with E-state index in [0.717, 1.165) is 13.1 Å². The second-order valence-electron chi connectivity index (χ2n) is 2.94. The second kappa shape index (κ2) is 2.82. The Morgan fingerprint density at radius 2 is 2.10 bits per heavy atom. The van der Waals surface area contributed by atoms with Crippen LogP contribution in [0.5, 0.6) is 0 Å². The molecule has 1 aliphatic rings. The zero-order valence-corrected chi connectivity index (χ0v) is 6.16. The van der Waals surface area contributed by atoms with E-state index in [9.17, 15) is 8.78 Å². The molecule has 1 nitrogen and oxygen atoms in total. The molecule has 0 aromatic heterocycles. The summed E-state index contributed by atoms with van der Waals surface area (Å²) in [6.07, 6.45) is 0.0417. The molecule has 0 spiro atoms. The average molecular weight is 149 g/mol. The molecule has 1 aliphatic heterocycles. The minimum Gasteiger partial charge on any atom is -0.316 e. The van der Waals surface area contributed by atoms with Crippen LogP contribution in [0.3, 0.4) is 0 Å². The van der Waals surface area contributed by atoms with Gasteiger partial charge in [0.1, 0.15) is 0 Å². The van der Waals surface area contributed by atoms with Crippen molar-refractivity contribution < 1.29 is 8.78 Å². The quantitative estimate of drug-likeness (QED) is 0.643. The topological polar surface area (TPSA) is 12.0 Å². The molecule has 0 radical (unpaired) electrons. The predicted molar refractivity (Wildman–Crippen MR) is 36.2 cm³/mol. The first kappa shape index (κ1) is 7.92. The summed E-state index contributed by atoms with van der Waals surface area (Å²) in [7, 11) is 0. The van der Waals surface area contributed by atoms with Crippen molar-refractivity contribution in [2.45, 2.75) is 25.7 Å². The van der Waals surface area contributed by atoms with E-state index in [1.165, 1.54) is 6.92 Å². The summed E-state index contributed by atoms with van der Waals surface area (Å²) in [6, 6.07) is 0. The van der Waals surface area contributed by atoms with Gasteiger partial charge in [0.05, 0.1) is 0 Å². The summed E-state index contributed by atoms with van der Waals surface area (Å²) < 4.78 is 25.2. The van der Waals surface area contributed by atoms with Gasteiger partial charge in [0.2, 0.25) is 5.92 Å². The Hall–Kier alpha value is -0.180. The summed E-state index contributed by atoms with van der Waals surface area (Å²) in [5.41, 5.74) is 0. The molecular formula is C7H13F2N. The molecule has 1 N–H and O–H groups in total. The van der Waals surface area contributed by atoms with Crippen molar-refractivity contribution in [3.63, 3.8) is 0 Å². The fraction of sp³-hybridized carbons (Fsp3) is 1.00. The van der Waals surface area contributed by atoms with Crippen LogP contribution < -0.4 is 5.32 Å². The average Bonchev–Trinajstić information content (AvgIpc) is 1.80. The van der Waals surface area contributed by atoms with Crippen molar-refractivity contribution in [2.75, 3.05) is 13.1 Å². The third-order valence-corrected chi connectivity index (χ3v) is 1.97. The molecule has 0 atom stereocenters. The monoisotopic (exact) mass is 149 g/mol. The normalized spacial score (nSPS) is 20.7. The predicted octanol–water partition coefficient (Wildman–Crippen LogP) is 1.64. The van der Waals surface area contributed by atoms with E-state index in [2.05, 4.69) is 5.32 Å². The van der Waals surface area contributed by atoms with Crippen molar-refractivity contribution in [3.05, 3.63) is 0 Å². The highest BCUT2D eigenvalue weighted by Crippen LogP contribution is 2.28. The van der Waals surface area contributed by atoms with E-state index in [4.69, 9.17) is 0 Å². The number of rotatable bonds is 3. The molecule has 3 heteroatoms. The van der Waals surface area contributed by atoms with Crippen LogP contribution in [0, 0.1) is 5.92 Å². The maximum absolute atomic E-state index is 12.6. The van der Waals surface area contributed by atoms with Gasteiger partial charge in [-0.15, -0.1) is 0 Å². The molecule has 0 aliphatic carbocycles. The van der Waals surface area contributed by atoms with Gasteiger partial charge in [0.15, 0.2) is 0 Å². The van der Waals surface area contributed by atoms with Crippen molar-refractivity contribution in [2.24, 2.45) is 5.92 Å². The lowest BCUT2D eigenvalue weighted by atomic mass is 9.94. The Kier molecular flexibility index (Phi) is 2.24. The van der Waals surface area contributed by atoms with Crippen LogP contribution in [0.15, 0.2) is 0 Å². The largest absolute Gasteiger partial charge is 0.316 e. The van der Waals surface area contributed by atoms with Gasteiger partial charge < -0.3 is 5.32 Å².